The lowest BCUT2D eigenvalue weighted by Crippen LogP contribution is -2.29. The molecule has 3 heterocycles. The van der Waals surface area contributed by atoms with Crippen molar-refractivity contribution in [2.24, 2.45) is 0 Å². The van der Waals surface area contributed by atoms with Gasteiger partial charge in [-0.1, -0.05) is 54.4 Å². The first-order valence-corrected chi connectivity index (χ1v) is 15.1. The minimum atomic E-state index is -1.91. The van der Waals surface area contributed by atoms with E-state index in [0.717, 1.165) is 10.9 Å². The van der Waals surface area contributed by atoms with Crippen molar-refractivity contribution in [3.05, 3.63) is 129 Å². The molecule has 6 aromatic rings. The van der Waals surface area contributed by atoms with Crippen LogP contribution in [0.15, 0.2) is 94.7 Å². The van der Waals surface area contributed by atoms with Crippen molar-refractivity contribution in [3.63, 3.8) is 0 Å². The highest BCUT2D eigenvalue weighted by Crippen LogP contribution is 2.37. The van der Waals surface area contributed by atoms with Crippen LogP contribution in [-0.4, -0.2) is 24.7 Å². The number of H-pyrrole nitrogens is 1. The van der Waals surface area contributed by atoms with Crippen LogP contribution in [0.25, 0.3) is 32.9 Å². The fourth-order valence-corrected chi connectivity index (χ4v) is 6.22. The van der Waals surface area contributed by atoms with Gasteiger partial charge in [0.25, 0.3) is 11.5 Å². The van der Waals surface area contributed by atoms with E-state index in [1.807, 2.05) is 44.2 Å². The van der Waals surface area contributed by atoms with Crippen LogP contribution >= 0.6 is 11.6 Å². The SMILES string of the molecule is CCc1cc2c(-c3ccc[nH]c3=O)c(C(=O)N[S@@](=O)c3ccc(C)cc3)n(Cc3cc4ccccc4nc3Cl)c2cc1F. The van der Waals surface area contributed by atoms with Crippen LogP contribution in [0.5, 0.6) is 0 Å². The second-order valence-electron chi connectivity index (χ2n) is 10.2. The van der Waals surface area contributed by atoms with Crippen molar-refractivity contribution in [2.45, 2.75) is 31.7 Å². The molecule has 0 aliphatic rings. The minimum absolute atomic E-state index is 0.0305. The molecule has 0 saturated carbocycles. The van der Waals surface area contributed by atoms with Gasteiger partial charge in [0.05, 0.1) is 22.5 Å². The highest BCUT2D eigenvalue weighted by Gasteiger charge is 2.28. The molecule has 3 aromatic carbocycles. The molecule has 2 N–H and O–H groups in total. The number of halogens is 2. The fraction of sp³-hybridized carbons (Fsp3) is 0.121. The molecular formula is C33H26ClFN4O3S. The molecule has 7 nitrogen and oxygen atoms in total. The van der Waals surface area contributed by atoms with E-state index in [2.05, 4.69) is 14.7 Å². The number of nitrogens with one attached hydrogen (secondary N) is 2. The van der Waals surface area contributed by atoms with Crippen LogP contribution in [-0.2, 0) is 24.0 Å². The molecule has 0 spiro atoms. The molecule has 0 saturated heterocycles. The minimum Gasteiger partial charge on any atom is -0.331 e. The molecule has 3 aromatic heterocycles. The second kappa shape index (κ2) is 11.6. The Labute approximate surface area is 254 Å². The third-order valence-electron chi connectivity index (χ3n) is 7.41. The number of aryl methyl sites for hydroxylation is 2. The molecule has 0 unspecified atom stereocenters. The van der Waals surface area contributed by atoms with Crippen molar-refractivity contribution >= 4 is 50.3 Å². The first-order chi connectivity index (χ1) is 20.7. The lowest BCUT2D eigenvalue weighted by Gasteiger charge is -2.14. The van der Waals surface area contributed by atoms with E-state index in [4.69, 9.17) is 11.6 Å². The summed E-state index contributed by atoms with van der Waals surface area (Å²) in [5, 5.41) is 1.56. The van der Waals surface area contributed by atoms with Crippen molar-refractivity contribution < 1.29 is 13.4 Å². The number of pyridine rings is 2. The summed E-state index contributed by atoms with van der Waals surface area (Å²) in [4.78, 5) is 34.9. The number of carbonyl (C=O) groups excluding carboxylic acids is 1. The Bertz CT molecular complexity index is 2120. The van der Waals surface area contributed by atoms with Gasteiger partial charge in [0.1, 0.15) is 16.7 Å². The third kappa shape index (κ3) is 5.37. The standard InChI is InChI=1S/C33H26ClFN4O3S/c1-3-20-16-25-28(17-26(20)35)39(18-22-15-21-7-4-5-9-27(21)37-31(22)34)30(29(25)24-8-6-14-36-32(24)40)33(41)38-43(42)23-12-10-19(2)11-13-23/h4-17H,3,18H2,1-2H3,(H,36,40)(H,38,41)/t43-/m0/s1. The first kappa shape index (κ1) is 28.5. The average molecular weight is 613 g/mol. The molecule has 0 aliphatic carbocycles. The summed E-state index contributed by atoms with van der Waals surface area (Å²) in [7, 11) is -1.91. The summed E-state index contributed by atoms with van der Waals surface area (Å²) in [6.07, 6.45) is 1.89. The van der Waals surface area contributed by atoms with Gasteiger partial charge in [-0.05, 0) is 67.4 Å². The molecule has 1 amide bonds. The molecular weight excluding hydrogens is 587 g/mol. The number of aromatic nitrogens is 3. The van der Waals surface area contributed by atoms with Crippen LogP contribution in [0.1, 0.15) is 34.1 Å². The number of aromatic amines is 1. The number of fused-ring (bicyclic) bond motifs is 2. The van der Waals surface area contributed by atoms with Gasteiger partial charge in [0, 0.05) is 33.7 Å². The summed E-state index contributed by atoms with van der Waals surface area (Å²) < 4.78 is 32.9. The highest BCUT2D eigenvalue weighted by molar-refractivity contribution is 7.83. The molecule has 10 heteroatoms. The lowest BCUT2D eigenvalue weighted by molar-refractivity contribution is 0.0975. The molecule has 0 radical (unpaired) electrons. The van der Waals surface area contributed by atoms with Crippen LogP contribution < -0.4 is 10.3 Å². The predicted molar refractivity (Wildman–Crippen MR) is 168 cm³/mol. The van der Waals surface area contributed by atoms with Gasteiger partial charge >= 0.3 is 0 Å². The molecule has 0 aliphatic heterocycles. The van der Waals surface area contributed by atoms with Crippen LogP contribution in [0.3, 0.4) is 0 Å². The average Bonchev–Trinajstić information content (AvgIpc) is 3.30. The third-order valence-corrected chi connectivity index (χ3v) is 8.81. The van der Waals surface area contributed by atoms with Gasteiger partial charge in [-0.3, -0.25) is 14.3 Å². The summed E-state index contributed by atoms with van der Waals surface area (Å²) in [6, 6.07) is 22.6. The number of benzene rings is 3. The topological polar surface area (TPSA) is 96.9 Å². The van der Waals surface area contributed by atoms with Gasteiger partial charge in [-0.15, -0.1) is 0 Å². The maximum absolute atomic E-state index is 15.3. The second-order valence-corrected chi connectivity index (χ2v) is 11.8. The molecule has 1 atom stereocenters. The van der Waals surface area contributed by atoms with Gasteiger partial charge in [0.2, 0.25) is 0 Å². The Hall–Kier alpha value is -4.60. The molecule has 43 heavy (non-hydrogen) atoms. The number of amides is 1. The Morgan fingerprint density at radius 3 is 2.56 bits per heavy atom. The Kier molecular flexibility index (Phi) is 7.68. The normalized spacial score (nSPS) is 12.1. The van der Waals surface area contributed by atoms with Crippen molar-refractivity contribution in [1.29, 1.82) is 0 Å². The number of carbonyl (C=O) groups is 1. The molecule has 6 rings (SSSR count). The number of nitrogens with zero attached hydrogens (tertiary/aromatic N) is 2. The van der Waals surface area contributed by atoms with Crippen molar-refractivity contribution in [2.75, 3.05) is 0 Å². The van der Waals surface area contributed by atoms with E-state index in [9.17, 15) is 13.8 Å². The first-order valence-electron chi connectivity index (χ1n) is 13.6. The number of hydrogen-bond donors (Lipinski definition) is 2. The Morgan fingerprint density at radius 1 is 1.05 bits per heavy atom. The maximum atomic E-state index is 15.3. The zero-order valence-electron chi connectivity index (χ0n) is 23.3. The van der Waals surface area contributed by atoms with Crippen LogP contribution in [0, 0.1) is 12.7 Å². The largest absolute Gasteiger partial charge is 0.331 e. The molecule has 0 fully saturated rings. The smallest absolute Gasteiger partial charge is 0.280 e. The maximum Gasteiger partial charge on any atom is 0.280 e. The quantitative estimate of drug-likeness (QED) is 0.196. The van der Waals surface area contributed by atoms with Crippen molar-refractivity contribution in [3.8, 4) is 11.1 Å². The van der Waals surface area contributed by atoms with Gasteiger partial charge in [-0.25, -0.2) is 13.6 Å². The summed E-state index contributed by atoms with van der Waals surface area (Å²) in [5.41, 5.74) is 3.21. The van der Waals surface area contributed by atoms with Crippen LogP contribution in [0.4, 0.5) is 4.39 Å². The Morgan fingerprint density at radius 2 is 1.81 bits per heavy atom. The van der Waals surface area contributed by atoms with Crippen LogP contribution in [0.2, 0.25) is 5.15 Å². The van der Waals surface area contributed by atoms with E-state index in [-0.39, 0.29) is 23.0 Å². The Balaban J connectivity index is 1.61. The molecule has 0 bridgehead atoms. The zero-order valence-corrected chi connectivity index (χ0v) is 24.9. The number of para-hydroxylation sites is 1. The van der Waals surface area contributed by atoms with E-state index >= 15 is 4.39 Å². The number of rotatable bonds is 7. The van der Waals surface area contributed by atoms with E-state index < -0.39 is 28.3 Å². The molecule has 216 valence electrons. The van der Waals surface area contributed by atoms with Gasteiger partial charge in [-0.2, -0.15) is 0 Å². The predicted octanol–water partition coefficient (Wildman–Crippen LogP) is 6.71. The van der Waals surface area contributed by atoms with Gasteiger partial charge < -0.3 is 9.55 Å². The fourth-order valence-electron chi connectivity index (χ4n) is 5.25. The highest BCUT2D eigenvalue weighted by atomic mass is 35.5. The monoisotopic (exact) mass is 612 g/mol. The van der Waals surface area contributed by atoms with Gasteiger partial charge in [0.15, 0.2) is 11.0 Å². The summed E-state index contributed by atoms with van der Waals surface area (Å²) >= 11 is 6.64. The zero-order chi connectivity index (χ0) is 30.2. The van der Waals surface area contributed by atoms with E-state index in [1.165, 1.54) is 12.3 Å². The van der Waals surface area contributed by atoms with E-state index in [1.54, 1.807) is 47.0 Å². The summed E-state index contributed by atoms with van der Waals surface area (Å²) in [5.74, 6) is -1.14. The van der Waals surface area contributed by atoms with Crippen molar-refractivity contribution in [1.82, 2.24) is 19.3 Å². The van der Waals surface area contributed by atoms with E-state index in [0.29, 0.717) is 44.4 Å². The summed E-state index contributed by atoms with van der Waals surface area (Å²) in [6.45, 7) is 3.77. The number of hydrogen-bond acceptors (Lipinski definition) is 4. The lowest BCUT2D eigenvalue weighted by atomic mass is 10.0.